The van der Waals surface area contributed by atoms with E-state index >= 15 is 0 Å². The number of hydrogen-bond donors (Lipinski definition) is 1. The molecule has 5 heteroatoms. The first-order chi connectivity index (χ1) is 9.63. The topological polar surface area (TPSA) is 41.1 Å². The van der Waals surface area contributed by atoms with Crippen molar-refractivity contribution < 1.29 is 4.39 Å². The molecule has 1 fully saturated rings. The average Bonchev–Trinajstić information content (AvgIpc) is 2.87. The van der Waals surface area contributed by atoms with Gasteiger partial charge in [-0.3, -0.25) is 0 Å². The fourth-order valence-electron chi connectivity index (χ4n) is 2.71. The van der Waals surface area contributed by atoms with Crippen molar-refractivity contribution in [3.8, 4) is 0 Å². The summed E-state index contributed by atoms with van der Waals surface area (Å²) in [6, 6.07) is 0.336. The SMILES string of the molecule is CCc1ncnc(N2CCCC2CNCC(C)C)c1F. The highest BCUT2D eigenvalue weighted by Gasteiger charge is 2.28. The van der Waals surface area contributed by atoms with Gasteiger partial charge in [-0.15, -0.1) is 0 Å². The first kappa shape index (κ1) is 15.2. The maximum absolute atomic E-state index is 14.4. The third-order valence-corrected chi connectivity index (χ3v) is 3.76. The van der Waals surface area contributed by atoms with Crippen LogP contribution in [-0.4, -0.2) is 35.6 Å². The molecule has 20 heavy (non-hydrogen) atoms. The van der Waals surface area contributed by atoms with Crippen molar-refractivity contribution in [2.24, 2.45) is 5.92 Å². The Balaban J connectivity index is 2.07. The number of hydrogen-bond acceptors (Lipinski definition) is 4. The molecule has 1 aromatic rings. The molecule has 0 saturated carbocycles. The summed E-state index contributed by atoms with van der Waals surface area (Å²) in [6.07, 6.45) is 4.27. The second-order valence-electron chi connectivity index (χ2n) is 5.85. The van der Waals surface area contributed by atoms with E-state index < -0.39 is 0 Å². The minimum atomic E-state index is -0.245. The molecule has 2 heterocycles. The zero-order chi connectivity index (χ0) is 14.5. The van der Waals surface area contributed by atoms with Crippen LogP contribution in [0, 0.1) is 11.7 Å². The summed E-state index contributed by atoms with van der Waals surface area (Å²) in [6.45, 7) is 9.07. The molecule has 1 aliphatic rings. The van der Waals surface area contributed by atoms with Crippen LogP contribution in [0.25, 0.3) is 0 Å². The van der Waals surface area contributed by atoms with Crippen LogP contribution in [0.2, 0.25) is 0 Å². The van der Waals surface area contributed by atoms with E-state index in [1.165, 1.54) is 6.33 Å². The lowest BCUT2D eigenvalue weighted by Crippen LogP contribution is -2.40. The van der Waals surface area contributed by atoms with Gasteiger partial charge in [0.1, 0.15) is 6.33 Å². The van der Waals surface area contributed by atoms with Gasteiger partial charge >= 0.3 is 0 Å². The zero-order valence-electron chi connectivity index (χ0n) is 12.7. The Morgan fingerprint density at radius 3 is 2.95 bits per heavy atom. The Hall–Kier alpha value is -1.23. The molecule has 0 amide bonds. The summed E-state index contributed by atoms with van der Waals surface area (Å²) < 4.78 is 14.4. The number of aromatic nitrogens is 2. The van der Waals surface area contributed by atoms with Crippen molar-refractivity contribution >= 4 is 5.82 Å². The van der Waals surface area contributed by atoms with Crippen molar-refractivity contribution in [2.45, 2.75) is 46.1 Å². The fraction of sp³-hybridized carbons (Fsp3) is 0.733. The minimum Gasteiger partial charge on any atom is -0.350 e. The number of halogens is 1. The van der Waals surface area contributed by atoms with Crippen molar-refractivity contribution in [1.82, 2.24) is 15.3 Å². The predicted molar refractivity (Wildman–Crippen MR) is 79.4 cm³/mol. The van der Waals surface area contributed by atoms with E-state index in [0.29, 0.717) is 29.9 Å². The molecule has 0 spiro atoms. The molecule has 1 N–H and O–H groups in total. The lowest BCUT2D eigenvalue weighted by Gasteiger charge is -2.27. The van der Waals surface area contributed by atoms with Gasteiger partial charge in [0, 0.05) is 19.1 Å². The Morgan fingerprint density at radius 2 is 2.25 bits per heavy atom. The monoisotopic (exact) mass is 280 g/mol. The quantitative estimate of drug-likeness (QED) is 0.868. The lowest BCUT2D eigenvalue weighted by molar-refractivity contribution is 0.505. The molecule has 1 aliphatic heterocycles. The van der Waals surface area contributed by atoms with Gasteiger partial charge in [-0.2, -0.15) is 0 Å². The van der Waals surface area contributed by atoms with Gasteiger partial charge in [0.05, 0.1) is 5.69 Å². The molecule has 2 rings (SSSR count). The predicted octanol–water partition coefficient (Wildman–Crippen LogP) is 2.39. The van der Waals surface area contributed by atoms with Crippen molar-refractivity contribution in [1.29, 1.82) is 0 Å². The third-order valence-electron chi connectivity index (χ3n) is 3.76. The average molecular weight is 280 g/mol. The van der Waals surface area contributed by atoms with E-state index in [-0.39, 0.29) is 5.82 Å². The molecule has 112 valence electrons. The molecular formula is C15H25FN4. The second kappa shape index (κ2) is 6.97. The van der Waals surface area contributed by atoms with Crippen LogP contribution in [0.4, 0.5) is 10.2 Å². The standard InChI is InChI=1S/C15H25FN4/c1-4-13-14(16)15(19-10-18-13)20-7-5-6-12(20)9-17-8-11(2)3/h10-12,17H,4-9H2,1-3H3. The normalized spacial score (nSPS) is 19.1. The second-order valence-corrected chi connectivity index (χ2v) is 5.85. The summed E-state index contributed by atoms with van der Waals surface area (Å²) in [5.41, 5.74) is 0.510. The van der Waals surface area contributed by atoms with E-state index in [1.54, 1.807) is 0 Å². The molecule has 1 aromatic heterocycles. The Kier molecular flexibility index (Phi) is 5.29. The van der Waals surface area contributed by atoms with Crippen LogP contribution in [0.1, 0.15) is 39.3 Å². The Labute approximate surface area is 120 Å². The molecule has 0 radical (unpaired) electrons. The van der Waals surface area contributed by atoms with Gasteiger partial charge in [-0.05, 0) is 31.7 Å². The van der Waals surface area contributed by atoms with Crippen LogP contribution in [0.15, 0.2) is 6.33 Å². The summed E-state index contributed by atoms with van der Waals surface area (Å²) in [4.78, 5) is 10.3. The zero-order valence-corrected chi connectivity index (χ0v) is 12.7. The molecule has 0 aliphatic carbocycles. The summed E-state index contributed by atoms with van der Waals surface area (Å²) >= 11 is 0. The van der Waals surface area contributed by atoms with Crippen molar-refractivity contribution in [3.63, 3.8) is 0 Å². The Morgan fingerprint density at radius 1 is 1.45 bits per heavy atom. The van der Waals surface area contributed by atoms with Crippen LogP contribution in [0.5, 0.6) is 0 Å². The molecule has 1 saturated heterocycles. The highest BCUT2D eigenvalue weighted by Crippen LogP contribution is 2.26. The lowest BCUT2D eigenvalue weighted by atomic mass is 10.2. The van der Waals surface area contributed by atoms with Crippen LogP contribution < -0.4 is 10.2 Å². The number of anilines is 1. The fourth-order valence-corrected chi connectivity index (χ4v) is 2.71. The van der Waals surface area contributed by atoms with E-state index in [4.69, 9.17) is 0 Å². The molecule has 4 nitrogen and oxygen atoms in total. The van der Waals surface area contributed by atoms with Gasteiger partial charge in [0.15, 0.2) is 11.6 Å². The van der Waals surface area contributed by atoms with Crippen molar-refractivity contribution in [3.05, 3.63) is 17.8 Å². The Bertz CT molecular complexity index is 436. The van der Waals surface area contributed by atoms with E-state index in [0.717, 1.165) is 32.5 Å². The van der Waals surface area contributed by atoms with Gasteiger partial charge in [0.25, 0.3) is 0 Å². The highest BCUT2D eigenvalue weighted by molar-refractivity contribution is 5.43. The first-order valence-corrected chi connectivity index (χ1v) is 7.60. The van der Waals surface area contributed by atoms with Crippen molar-refractivity contribution in [2.75, 3.05) is 24.5 Å². The number of rotatable bonds is 6. The van der Waals surface area contributed by atoms with Crippen LogP contribution in [-0.2, 0) is 6.42 Å². The summed E-state index contributed by atoms with van der Waals surface area (Å²) in [7, 11) is 0. The van der Waals surface area contributed by atoms with Gasteiger partial charge in [-0.25, -0.2) is 14.4 Å². The maximum Gasteiger partial charge on any atom is 0.187 e. The minimum absolute atomic E-state index is 0.245. The number of nitrogens with zero attached hydrogens (tertiary/aromatic N) is 3. The first-order valence-electron chi connectivity index (χ1n) is 7.60. The van der Waals surface area contributed by atoms with Gasteiger partial charge in [0.2, 0.25) is 0 Å². The maximum atomic E-state index is 14.4. The molecule has 0 aromatic carbocycles. The third kappa shape index (κ3) is 3.45. The molecule has 1 atom stereocenters. The molecule has 1 unspecified atom stereocenters. The molecule has 0 bridgehead atoms. The number of aryl methyl sites for hydroxylation is 1. The van der Waals surface area contributed by atoms with E-state index in [9.17, 15) is 4.39 Å². The van der Waals surface area contributed by atoms with Gasteiger partial charge < -0.3 is 10.2 Å². The van der Waals surface area contributed by atoms with Crippen LogP contribution in [0.3, 0.4) is 0 Å². The number of nitrogens with one attached hydrogen (secondary N) is 1. The van der Waals surface area contributed by atoms with E-state index in [2.05, 4.69) is 34.0 Å². The summed E-state index contributed by atoms with van der Waals surface area (Å²) in [5, 5.41) is 3.47. The summed E-state index contributed by atoms with van der Waals surface area (Å²) in [5.74, 6) is 0.865. The van der Waals surface area contributed by atoms with Crippen LogP contribution >= 0.6 is 0 Å². The van der Waals surface area contributed by atoms with E-state index in [1.807, 2.05) is 6.92 Å². The largest absolute Gasteiger partial charge is 0.350 e. The smallest absolute Gasteiger partial charge is 0.187 e. The molecular weight excluding hydrogens is 255 g/mol. The highest BCUT2D eigenvalue weighted by atomic mass is 19.1. The van der Waals surface area contributed by atoms with Gasteiger partial charge in [-0.1, -0.05) is 20.8 Å².